The minimum absolute atomic E-state index is 0.0636. The summed E-state index contributed by atoms with van der Waals surface area (Å²) in [5.74, 6) is 0. The number of hydrogen-bond acceptors (Lipinski definition) is 4. The van der Waals surface area contributed by atoms with Crippen LogP contribution in [0, 0.1) is 0 Å². The van der Waals surface area contributed by atoms with E-state index in [0.717, 1.165) is 4.57 Å². The fraction of sp³-hybridized carbons (Fsp3) is 0.267. The van der Waals surface area contributed by atoms with Gasteiger partial charge in [-0.05, 0) is 33.6 Å². The standard InChI is InChI=1S/C15H13BrCl2N4O3/c1-20-12-11(22(7-25-2)14(16)19-12)13(23)21(15(20)24)6-8-3-4-9(17)10(18)5-8/h3-5H,6-7H2,1-2H3. The van der Waals surface area contributed by atoms with Crippen LogP contribution < -0.4 is 11.2 Å². The second-order valence-electron chi connectivity index (χ2n) is 5.38. The molecular formula is C15H13BrCl2N4O3. The van der Waals surface area contributed by atoms with Gasteiger partial charge in [0.15, 0.2) is 15.9 Å². The third kappa shape index (κ3) is 3.15. The Morgan fingerprint density at radius 1 is 1.20 bits per heavy atom. The molecule has 0 N–H and O–H groups in total. The van der Waals surface area contributed by atoms with Crippen molar-refractivity contribution in [2.24, 2.45) is 7.05 Å². The van der Waals surface area contributed by atoms with E-state index in [1.165, 1.54) is 11.7 Å². The molecule has 0 spiro atoms. The van der Waals surface area contributed by atoms with Crippen LogP contribution in [-0.2, 0) is 25.1 Å². The number of benzene rings is 1. The molecule has 0 radical (unpaired) electrons. The molecule has 0 aliphatic carbocycles. The first-order valence-corrected chi connectivity index (χ1v) is 8.68. The van der Waals surface area contributed by atoms with E-state index >= 15 is 0 Å². The molecule has 1 aromatic carbocycles. The van der Waals surface area contributed by atoms with Crippen molar-refractivity contribution in [2.75, 3.05) is 7.11 Å². The molecule has 3 aromatic rings. The number of aromatic nitrogens is 4. The second-order valence-corrected chi connectivity index (χ2v) is 6.90. The maximum absolute atomic E-state index is 12.9. The van der Waals surface area contributed by atoms with Gasteiger partial charge in [0.2, 0.25) is 0 Å². The Hall–Kier alpha value is -1.61. The Morgan fingerprint density at radius 3 is 2.56 bits per heavy atom. The van der Waals surface area contributed by atoms with Crippen molar-refractivity contribution >= 4 is 50.3 Å². The topological polar surface area (TPSA) is 71.1 Å². The van der Waals surface area contributed by atoms with Gasteiger partial charge < -0.3 is 4.74 Å². The summed E-state index contributed by atoms with van der Waals surface area (Å²) in [7, 11) is 3.07. The number of rotatable bonds is 4. The van der Waals surface area contributed by atoms with Crippen LogP contribution in [-0.4, -0.2) is 25.8 Å². The number of aryl methyl sites for hydroxylation is 1. The van der Waals surface area contributed by atoms with E-state index in [9.17, 15) is 9.59 Å². The van der Waals surface area contributed by atoms with Crippen LogP contribution in [0.5, 0.6) is 0 Å². The molecule has 0 unspecified atom stereocenters. The van der Waals surface area contributed by atoms with Gasteiger partial charge in [0.1, 0.15) is 6.73 Å². The van der Waals surface area contributed by atoms with E-state index < -0.39 is 11.2 Å². The van der Waals surface area contributed by atoms with Crippen LogP contribution in [0.3, 0.4) is 0 Å². The van der Waals surface area contributed by atoms with Crippen molar-refractivity contribution in [3.05, 3.63) is 59.4 Å². The largest absolute Gasteiger partial charge is 0.364 e. The van der Waals surface area contributed by atoms with E-state index in [2.05, 4.69) is 20.9 Å². The Balaban J connectivity index is 2.24. The van der Waals surface area contributed by atoms with Crippen LogP contribution in [0.25, 0.3) is 11.2 Å². The molecule has 0 bridgehead atoms. The molecule has 2 aromatic heterocycles. The third-order valence-electron chi connectivity index (χ3n) is 3.77. The molecule has 3 rings (SSSR count). The molecule has 2 heterocycles. The number of imidazole rings is 1. The predicted octanol–water partition coefficient (Wildman–Crippen LogP) is 2.62. The fourth-order valence-electron chi connectivity index (χ4n) is 2.55. The van der Waals surface area contributed by atoms with E-state index in [0.29, 0.717) is 20.3 Å². The summed E-state index contributed by atoms with van der Waals surface area (Å²) < 4.78 is 9.53. The van der Waals surface area contributed by atoms with E-state index in [-0.39, 0.29) is 24.4 Å². The molecule has 0 amide bonds. The number of fused-ring (bicyclic) bond motifs is 1. The first-order chi connectivity index (χ1) is 11.8. The average molecular weight is 448 g/mol. The lowest BCUT2D eigenvalue weighted by molar-refractivity contribution is 0.132. The number of nitrogens with zero attached hydrogens (tertiary/aromatic N) is 4. The normalized spacial score (nSPS) is 11.4. The fourth-order valence-corrected chi connectivity index (χ4v) is 3.32. The SMILES string of the molecule is COCn1c(Br)nc2c1c(=O)n(Cc1ccc(Cl)c(Cl)c1)c(=O)n2C. The maximum Gasteiger partial charge on any atom is 0.332 e. The summed E-state index contributed by atoms with van der Waals surface area (Å²) >= 11 is 15.2. The molecule has 0 saturated carbocycles. The quantitative estimate of drug-likeness (QED) is 0.576. The van der Waals surface area contributed by atoms with Crippen molar-refractivity contribution in [1.82, 2.24) is 18.7 Å². The van der Waals surface area contributed by atoms with Gasteiger partial charge in [0.25, 0.3) is 5.56 Å². The van der Waals surface area contributed by atoms with E-state index in [1.54, 1.807) is 29.8 Å². The molecule has 0 fully saturated rings. The number of methoxy groups -OCH3 is 1. The predicted molar refractivity (Wildman–Crippen MR) is 99.5 cm³/mol. The summed E-state index contributed by atoms with van der Waals surface area (Å²) in [5, 5.41) is 0.764. The summed E-state index contributed by atoms with van der Waals surface area (Å²) in [4.78, 5) is 29.8. The molecule has 10 heteroatoms. The lowest BCUT2D eigenvalue weighted by Gasteiger charge is -2.10. The zero-order valence-electron chi connectivity index (χ0n) is 13.3. The second kappa shape index (κ2) is 6.95. The Bertz CT molecular complexity index is 1090. The van der Waals surface area contributed by atoms with Gasteiger partial charge in [-0.2, -0.15) is 0 Å². The Morgan fingerprint density at radius 2 is 1.92 bits per heavy atom. The minimum Gasteiger partial charge on any atom is -0.364 e. The molecular weight excluding hydrogens is 435 g/mol. The lowest BCUT2D eigenvalue weighted by Crippen LogP contribution is -2.40. The van der Waals surface area contributed by atoms with Gasteiger partial charge in [-0.3, -0.25) is 18.5 Å². The Kier molecular flexibility index (Phi) is 5.06. The average Bonchev–Trinajstić information content (AvgIpc) is 2.90. The zero-order chi connectivity index (χ0) is 18.3. The van der Waals surface area contributed by atoms with Gasteiger partial charge in [-0.25, -0.2) is 9.78 Å². The van der Waals surface area contributed by atoms with Crippen LogP contribution in [0.1, 0.15) is 5.56 Å². The van der Waals surface area contributed by atoms with Crippen molar-refractivity contribution in [3.8, 4) is 0 Å². The van der Waals surface area contributed by atoms with Crippen molar-refractivity contribution in [2.45, 2.75) is 13.3 Å². The number of halogens is 3. The third-order valence-corrected chi connectivity index (χ3v) is 5.11. The van der Waals surface area contributed by atoms with Gasteiger partial charge in [0.05, 0.1) is 16.6 Å². The van der Waals surface area contributed by atoms with Crippen molar-refractivity contribution in [3.63, 3.8) is 0 Å². The van der Waals surface area contributed by atoms with Gasteiger partial charge in [-0.15, -0.1) is 0 Å². The maximum atomic E-state index is 12.9. The highest BCUT2D eigenvalue weighted by Crippen LogP contribution is 2.23. The molecule has 0 aliphatic rings. The van der Waals surface area contributed by atoms with Crippen LogP contribution in [0.15, 0.2) is 32.5 Å². The summed E-state index contributed by atoms with van der Waals surface area (Å²) in [6, 6.07) is 4.97. The summed E-state index contributed by atoms with van der Waals surface area (Å²) in [6.07, 6.45) is 0. The van der Waals surface area contributed by atoms with E-state index in [1.807, 2.05) is 0 Å². The first-order valence-electron chi connectivity index (χ1n) is 7.13. The number of ether oxygens (including phenoxy) is 1. The molecule has 0 atom stereocenters. The van der Waals surface area contributed by atoms with Crippen molar-refractivity contribution < 1.29 is 4.74 Å². The smallest absolute Gasteiger partial charge is 0.332 e. The van der Waals surface area contributed by atoms with E-state index in [4.69, 9.17) is 27.9 Å². The first kappa shape index (κ1) is 18.2. The molecule has 0 aliphatic heterocycles. The molecule has 7 nitrogen and oxygen atoms in total. The molecule has 25 heavy (non-hydrogen) atoms. The van der Waals surface area contributed by atoms with Crippen LogP contribution in [0.4, 0.5) is 0 Å². The van der Waals surface area contributed by atoms with Gasteiger partial charge in [-0.1, -0.05) is 29.3 Å². The Labute approximate surface area is 160 Å². The van der Waals surface area contributed by atoms with Gasteiger partial charge in [0, 0.05) is 14.2 Å². The molecule has 132 valence electrons. The van der Waals surface area contributed by atoms with Crippen LogP contribution in [0.2, 0.25) is 10.0 Å². The van der Waals surface area contributed by atoms with Crippen molar-refractivity contribution in [1.29, 1.82) is 0 Å². The molecule has 0 saturated heterocycles. The highest BCUT2D eigenvalue weighted by atomic mass is 79.9. The summed E-state index contributed by atoms with van der Waals surface area (Å²) in [6.45, 7) is 0.186. The lowest BCUT2D eigenvalue weighted by atomic mass is 10.2. The number of hydrogen-bond donors (Lipinski definition) is 0. The minimum atomic E-state index is -0.474. The highest BCUT2D eigenvalue weighted by molar-refractivity contribution is 9.10. The zero-order valence-corrected chi connectivity index (χ0v) is 16.4. The highest BCUT2D eigenvalue weighted by Gasteiger charge is 2.19. The summed E-state index contributed by atoms with van der Waals surface area (Å²) in [5.41, 5.74) is 0.308. The van der Waals surface area contributed by atoms with Crippen LogP contribution >= 0.6 is 39.1 Å². The van der Waals surface area contributed by atoms with Gasteiger partial charge >= 0.3 is 5.69 Å². The monoisotopic (exact) mass is 446 g/mol.